The van der Waals surface area contributed by atoms with Crippen LogP contribution in [0.3, 0.4) is 0 Å². The van der Waals surface area contributed by atoms with Gasteiger partial charge in [-0.15, -0.1) is 0 Å². The number of carbonyl (C=O) groups is 4. The summed E-state index contributed by atoms with van der Waals surface area (Å²) >= 11 is 0. The molecule has 0 atom stereocenters. The number of alkyl halides is 1. The first-order valence-electron chi connectivity index (χ1n) is 12.7. The number of hydrogen-bond donors (Lipinski definition) is 1. The Morgan fingerprint density at radius 2 is 1.44 bits per heavy atom. The molecule has 0 aliphatic heterocycles. The second-order valence-corrected chi connectivity index (χ2v) is 8.54. The van der Waals surface area contributed by atoms with Gasteiger partial charge >= 0.3 is 0 Å². The molecule has 228 valence electrons. The van der Waals surface area contributed by atoms with Gasteiger partial charge in [-0.1, -0.05) is 0 Å². The van der Waals surface area contributed by atoms with E-state index >= 15 is 0 Å². The van der Waals surface area contributed by atoms with Crippen molar-refractivity contribution < 1.29 is 47.2 Å². The quantitative estimate of drug-likeness (QED) is 0.170. The largest absolute Gasteiger partial charge is 0.481 e. The first-order valence-corrected chi connectivity index (χ1v) is 12.0. The molecule has 0 aliphatic carbocycles. The lowest BCUT2D eigenvalue weighted by molar-refractivity contribution is 0.0995. The molecule has 0 radical (unpaired) electrons. The van der Waals surface area contributed by atoms with Gasteiger partial charge in [0.1, 0.15) is 45.8 Å². The van der Waals surface area contributed by atoms with Crippen LogP contribution in [0.15, 0.2) is 41.2 Å². The Morgan fingerprint density at radius 1 is 0.930 bits per heavy atom. The van der Waals surface area contributed by atoms with Gasteiger partial charge in [0.25, 0.3) is 5.56 Å². The molecule has 0 saturated carbocycles. The van der Waals surface area contributed by atoms with Gasteiger partial charge in [0.05, 0.1) is 28.7 Å². The number of H-pyrrole nitrogens is 1. The third-order valence-electron chi connectivity index (χ3n) is 5.71. The predicted octanol–water partition coefficient (Wildman–Crippen LogP) is 4.34. The van der Waals surface area contributed by atoms with Crippen LogP contribution < -0.4 is 10.3 Å². The second-order valence-electron chi connectivity index (χ2n) is 8.54. The number of ether oxygens (including phenoxy) is 1. The van der Waals surface area contributed by atoms with Crippen LogP contribution in [0.2, 0.25) is 0 Å². The number of ketones is 2. The average molecular weight is 610 g/mol. The standard InChI is InChI=1S/C14H12F2N2O3.C13H10F2N2O3.CH3F/c1-8(20)13-11(7-19)14(21-2)18(17-13)6-9-5-10(15)3-4-12(9)16;1-7(19)12-10(6-18)13(20)17(16-12)5-8-4-9(14)2-3-11(8)15;1-2/h3-5,7H,6H2,1-2H3;2-4,6,16H,5H2,1H3;1H3/i;;1D. The van der Waals surface area contributed by atoms with Crippen LogP contribution in [0.1, 0.15) is 68.0 Å². The van der Waals surface area contributed by atoms with Crippen molar-refractivity contribution >= 4 is 24.1 Å². The molecule has 10 nitrogen and oxygen atoms in total. The highest BCUT2D eigenvalue weighted by Gasteiger charge is 2.22. The molecule has 1 N–H and O–H groups in total. The minimum Gasteiger partial charge on any atom is -0.481 e. The van der Waals surface area contributed by atoms with Crippen molar-refractivity contribution in [3.63, 3.8) is 0 Å². The second kappa shape index (κ2) is 15.1. The summed E-state index contributed by atoms with van der Waals surface area (Å²) in [7, 11) is 0.298. The van der Waals surface area contributed by atoms with Gasteiger partial charge in [-0.05, 0) is 36.4 Å². The molecule has 0 unspecified atom stereocenters. The number of methoxy groups -OCH3 is 1. The van der Waals surface area contributed by atoms with Crippen LogP contribution in [0.5, 0.6) is 5.88 Å². The van der Waals surface area contributed by atoms with Gasteiger partial charge in [-0.25, -0.2) is 26.9 Å². The van der Waals surface area contributed by atoms with Crippen molar-refractivity contribution in [2.45, 2.75) is 26.9 Å². The van der Waals surface area contributed by atoms with Crippen LogP contribution in [-0.2, 0) is 13.1 Å². The lowest BCUT2D eigenvalue weighted by Crippen LogP contribution is -2.20. The van der Waals surface area contributed by atoms with Gasteiger partial charge in [0, 0.05) is 25.0 Å². The molecular weight excluding hydrogens is 583 g/mol. The molecule has 2 heterocycles. The van der Waals surface area contributed by atoms with E-state index in [1.807, 2.05) is 0 Å². The highest BCUT2D eigenvalue weighted by Crippen LogP contribution is 2.23. The molecule has 15 heteroatoms. The zero-order valence-corrected chi connectivity index (χ0v) is 22.9. The van der Waals surface area contributed by atoms with E-state index in [1.165, 1.54) is 21.0 Å². The van der Waals surface area contributed by atoms with Crippen LogP contribution in [0, 0.1) is 23.3 Å². The summed E-state index contributed by atoms with van der Waals surface area (Å²) in [6, 6.07) is 5.84. The SMILES string of the molecule is CC(=O)c1[nH]n(Cc2cc(F)ccc2F)c(=O)c1C=O.COc1c(C=O)c(C(C)=O)nn1Cc1cc(F)ccc1F.[2H]CF. The molecule has 0 fully saturated rings. The molecule has 2 aromatic heterocycles. The number of nitrogens with one attached hydrogen (secondary N) is 1. The van der Waals surface area contributed by atoms with E-state index in [0.29, 0.717) is 6.29 Å². The Bertz CT molecular complexity index is 1730. The molecule has 0 spiro atoms. The number of aromatic nitrogens is 4. The zero-order valence-electron chi connectivity index (χ0n) is 23.9. The average Bonchev–Trinajstić information content (AvgIpc) is 3.50. The maximum absolute atomic E-state index is 13.7. The number of aldehydes is 2. The van der Waals surface area contributed by atoms with E-state index in [2.05, 4.69) is 10.2 Å². The molecule has 2 aromatic carbocycles. The fraction of sp³-hybridized carbons (Fsp3) is 0.214. The van der Waals surface area contributed by atoms with Crippen LogP contribution >= 0.6 is 0 Å². The summed E-state index contributed by atoms with van der Waals surface area (Å²) < 4.78 is 76.0. The minimum atomic E-state index is -1.00. The monoisotopic (exact) mass is 609 g/mol. The number of rotatable bonds is 9. The summed E-state index contributed by atoms with van der Waals surface area (Å²) in [5.41, 5.74) is -1.35. The Morgan fingerprint density at radius 3 is 1.86 bits per heavy atom. The smallest absolute Gasteiger partial charge is 0.278 e. The molecule has 0 amide bonds. The summed E-state index contributed by atoms with van der Waals surface area (Å²) in [6.45, 7) is 1.96. The number of aromatic amines is 1. The lowest BCUT2D eigenvalue weighted by atomic mass is 10.2. The van der Waals surface area contributed by atoms with Crippen LogP contribution in [0.4, 0.5) is 22.0 Å². The normalized spacial score (nSPS) is 10.5. The predicted molar refractivity (Wildman–Crippen MR) is 143 cm³/mol. The van der Waals surface area contributed by atoms with E-state index in [0.717, 1.165) is 45.8 Å². The molecule has 43 heavy (non-hydrogen) atoms. The van der Waals surface area contributed by atoms with E-state index in [-0.39, 0.29) is 58.9 Å². The highest BCUT2D eigenvalue weighted by molar-refractivity contribution is 6.01. The number of carbonyl (C=O) groups excluding carboxylic acids is 4. The van der Waals surface area contributed by atoms with Gasteiger partial charge in [0.15, 0.2) is 24.1 Å². The maximum Gasteiger partial charge on any atom is 0.278 e. The molecule has 0 saturated heterocycles. The van der Waals surface area contributed by atoms with Gasteiger partial charge < -0.3 is 4.74 Å². The van der Waals surface area contributed by atoms with Crippen LogP contribution in [-0.4, -0.2) is 58.0 Å². The third-order valence-corrected chi connectivity index (χ3v) is 5.71. The number of halogens is 5. The molecule has 4 aromatic rings. The summed E-state index contributed by atoms with van der Waals surface area (Å²) in [6.07, 6.45) is 0.703. The van der Waals surface area contributed by atoms with Gasteiger partial charge in [0.2, 0.25) is 5.88 Å². The molecule has 4 rings (SSSR count). The first kappa shape index (κ1) is 32.3. The lowest BCUT2D eigenvalue weighted by Gasteiger charge is -2.07. The fourth-order valence-corrected chi connectivity index (χ4v) is 3.80. The highest BCUT2D eigenvalue weighted by atomic mass is 19.1. The van der Waals surface area contributed by atoms with Gasteiger partial charge in [-0.3, -0.25) is 33.5 Å². The van der Waals surface area contributed by atoms with E-state index in [9.17, 15) is 45.9 Å². The van der Waals surface area contributed by atoms with E-state index < -0.39 is 47.5 Å². The van der Waals surface area contributed by atoms with Crippen molar-refractivity contribution in [2.75, 3.05) is 14.3 Å². The van der Waals surface area contributed by atoms with Gasteiger partial charge in [-0.2, -0.15) is 5.10 Å². The topological polar surface area (TPSA) is 133 Å². The zero-order chi connectivity index (χ0) is 33.1. The number of Topliss-reactive ketones (excluding diaryl/α,β-unsaturated/α-hetero) is 2. The number of benzene rings is 2. The van der Waals surface area contributed by atoms with E-state index in [4.69, 9.17) is 6.11 Å². The summed E-state index contributed by atoms with van der Waals surface area (Å²) in [5, 5.41) is 6.37. The van der Waals surface area contributed by atoms with Crippen LogP contribution in [0.25, 0.3) is 0 Å². The van der Waals surface area contributed by atoms with Crippen molar-refractivity contribution in [1.82, 2.24) is 19.6 Å². The third kappa shape index (κ3) is 7.96. The molecular formula is C28H25F5N4O6. The fourth-order valence-electron chi connectivity index (χ4n) is 3.80. The Hall–Kier alpha value is -5.21. The summed E-state index contributed by atoms with van der Waals surface area (Å²) in [5.74, 6) is -3.45. The minimum absolute atomic E-state index is 0.0122. The Balaban J connectivity index is 0.000000282. The van der Waals surface area contributed by atoms with Crippen molar-refractivity contribution in [3.8, 4) is 5.88 Å². The van der Waals surface area contributed by atoms with Crippen molar-refractivity contribution in [2.24, 2.45) is 0 Å². The Kier molecular flexibility index (Phi) is 11.4. The van der Waals surface area contributed by atoms with Crippen molar-refractivity contribution in [3.05, 3.63) is 104 Å². The number of hydrogen-bond acceptors (Lipinski definition) is 7. The summed E-state index contributed by atoms with van der Waals surface area (Å²) in [4.78, 5) is 56.5. The van der Waals surface area contributed by atoms with Crippen molar-refractivity contribution in [1.29, 1.82) is 0 Å². The van der Waals surface area contributed by atoms with E-state index in [1.54, 1.807) is 0 Å². The maximum atomic E-state index is 13.7. The first-order chi connectivity index (χ1) is 20.8. The molecule has 0 bridgehead atoms. The Labute approximate surface area is 242 Å². The number of nitrogens with zero attached hydrogens (tertiary/aromatic N) is 3. The molecule has 0 aliphatic rings.